The van der Waals surface area contributed by atoms with Crippen molar-refractivity contribution in [2.24, 2.45) is 0 Å². The molecule has 18 heavy (non-hydrogen) atoms. The van der Waals surface area contributed by atoms with E-state index in [9.17, 15) is 4.79 Å². The van der Waals surface area contributed by atoms with Crippen molar-refractivity contribution >= 4 is 23.2 Å². The number of halogens is 1. The average molecular weight is 266 g/mol. The molecule has 4 nitrogen and oxygen atoms in total. The molecule has 0 saturated heterocycles. The van der Waals surface area contributed by atoms with Crippen LogP contribution < -0.4 is 4.90 Å². The molecular weight excluding hydrogens is 250 g/mol. The molecule has 1 aliphatic carbocycles. The van der Waals surface area contributed by atoms with Gasteiger partial charge in [0.05, 0.1) is 6.04 Å². The maximum absolute atomic E-state index is 12.2. The Morgan fingerprint density at radius 3 is 2.89 bits per heavy atom. The molecule has 1 aliphatic heterocycles. The number of Topliss-reactive ketones (excluding diaryl/α,β-unsaturated/α-hetero) is 1. The van der Waals surface area contributed by atoms with E-state index in [4.69, 9.17) is 11.6 Å². The van der Waals surface area contributed by atoms with Crippen LogP contribution in [0.5, 0.6) is 0 Å². The van der Waals surface area contributed by atoms with Crippen molar-refractivity contribution in [3.63, 3.8) is 0 Å². The summed E-state index contributed by atoms with van der Waals surface area (Å²) in [5.41, 5.74) is 0.918. The minimum atomic E-state index is -0.0335. The third-order valence-electron chi connectivity index (χ3n) is 3.98. The van der Waals surface area contributed by atoms with Crippen LogP contribution in [-0.4, -0.2) is 27.8 Å². The Balaban J connectivity index is 2.06. The first-order chi connectivity index (χ1) is 8.70. The summed E-state index contributed by atoms with van der Waals surface area (Å²) in [5, 5.41) is 0.266. The molecule has 96 valence electrons. The van der Waals surface area contributed by atoms with Gasteiger partial charge in [-0.1, -0.05) is 6.92 Å². The maximum atomic E-state index is 12.2. The molecule has 2 aliphatic rings. The molecule has 0 amide bonds. The Morgan fingerprint density at radius 2 is 2.28 bits per heavy atom. The van der Waals surface area contributed by atoms with Gasteiger partial charge in [-0.25, -0.2) is 9.97 Å². The number of nitrogens with zero attached hydrogens (tertiary/aromatic N) is 3. The molecule has 3 rings (SSSR count). The van der Waals surface area contributed by atoms with Crippen LogP contribution in [0.1, 0.15) is 38.2 Å². The molecule has 0 radical (unpaired) electrons. The number of rotatable bonds is 2. The number of hydrogen-bond donors (Lipinski definition) is 0. The lowest BCUT2D eigenvalue weighted by molar-refractivity contribution is -0.120. The zero-order valence-electron chi connectivity index (χ0n) is 10.4. The molecule has 0 bridgehead atoms. The number of carbonyl (C=O) groups is 1. The van der Waals surface area contributed by atoms with Crippen LogP contribution in [0.25, 0.3) is 0 Å². The second-order valence-corrected chi connectivity index (χ2v) is 5.39. The standard InChI is InChI=1S/C13H16ClN3O/c1-2-10-11(18)6-8-7-15-13(14)16-12(8)17(10)9-4-3-5-9/h7,9-10H,2-6H2,1H3/t10-/m1/s1. The Kier molecular flexibility index (Phi) is 2.98. The predicted octanol–water partition coefficient (Wildman–Crippen LogP) is 2.39. The summed E-state index contributed by atoms with van der Waals surface area (Å²) >= 11 is 5.90. The highest BCUT2D eigenvalue weighted by molar-refractivity contribution is 6.28. The molecule has 0 unspecified atom stereocenters. The third-order valence-corrected chi connectivity index (χ3v) is 4.17. The van der Waals surface area contributed by atoms with Crippen LogP contribution in [0.15, 0.2) is 6.20 Å². The quantitative estimate of drug-likeness (QED) is 0.771. The lowest BCUT2D eigenvalue weighted by Gasteiger charge is -2.45. The lowest BCUT2D eigenvalue weighted by atomic mass is 9.86. The maximum Gasteiger partial charge on any atom is 0.224 e. The van der Waals surface area contributed by atoms with Gasteiger partial charge in [-0.2, -0.15) is 0 Å². The van der Waals surface area contributed by atoms with Gasteiger partial charge in [0.1, 0.15) is 5.82 Å². The molecule has 1 atom stereocenters. The summed E-state index contributed by atoms with van der Waals surface area (Å²) in [6.45, 7) is 2.06. The van der Waals surface area contributed by atoms with E-state index in [-0.39, 0.29) is 17.1 Å². The zero-order chi connectivity index (χ0) is 12.7. The van der Waals surface area contributed by atoms with E-state index in [1.165, 1.54) is 6.42 Å². The van der Waals surface area contributed by atoms with Crippen LogP contribution in [0, 0.1) is 0 Å². The highest BCUT2D eigenvalue weighted by atomic mass is 35.5. The van der Waals surface area contributed by atoms with Gasteiger partial charge in [0.2, 0.25) is 5.28 Å². The molecule has 0 N–H and O–H groups in total. The monoisotopic (exact) mass is 265 g/mol. The summed E-state index contributed by atoms with van der Waals surface area (Å²) in [5.74, 6) is 1.16. The Hall–Kier alpha value is -1.16. The molecule has 2 heterocycles. The number of fused-ring (bicyclic) bond motifs is 1. The highest BCUT2D eigenvalue weighted by Crippen LogP contribution is 2.36. The zero-order valence-corrected chi connectivity index (χ0v) is 11.2. The van der Waals surface area contributed by atoms with Gasteiger partial charge >= 0.3 is 0 Å². The summed E-state index contributed by atoms with van der Waals surface area (Å²) < 4.78 is 0. The summed E-state index contributed by atoms with van der Waals surface area (Å²) in [4.78, 5) is 22.7. The Morgan fingerprint density at radius 1 is 1.50 bits per heavy atom. The van der Waals surface area contributed by atoms with Crippen molar-refractivity contribution in [3.8, 4) is 0 Å². The van der Waals surface area contributed by atoms with Crippen molar-refractivity contribution in [3.05, 3.63) is 17.0 Å². The summed E-state index contributed by atoms with van der Waals surface area (Å²) in [6, 6.07) is 0.415. The van der Waals surface area contributed by atoms with E-state index in [1.54, 1.807) is 6.20 Å². The second kappa shape index (κ2) is 4.50. The van der Waals surface area contributed by atoms with Gasteiger partial charge < -0.3 is 4.90 Å². The van der Waals surface area contributed by atoms with Gasteiger partial charge in [0.15, 0.2) is 5.78 Å². The van der Waals surface area contributed by atoms with Gasteiger partial charge in [-0.15, -0.1) is 0 Å². The van der Waals surface area contributed by atoms with E-state index in [0.717, 1.165) is 30.6 Å². The smallest absolute Gasteiger partial charge is 0.224 e. The van der Waals surface area contributed by atoms with Crippen molar-refractivity contribution in [2.45, 2.75) is 51.1 Å². The predicted molar refractivity (Wildman–Crippen MR) is 70.0 cm³/mol. The number of anilines is 1. The molecule has 0 aromatic carbocycles. The molecule has 1 fully saturated rings. The van der Waals surface area contributed by atoms with Crippen LogP contribution in [0.3, 0.4) is 0 Å². The topological polar surface area (TPSA) is 46.1 Å². The second-order valence-electron chi connectivity index (χ2n) is 5.05. The molecule has 0 spiro atoms. The number of hydrogen-bond acceptors (Lipinski definition) is 4. The summed E-state index contributed by atoms with van der Waals surface area (Å²) in [6.07, 6.45) is 6.49. The van der Waals surface area contributed by atoms with E-state index in [0.29, 0.717) is 12.5 Å². The van der Waals surface area contributed by atoms with E-state index in [1.807, 2.05) is 0 Å². The van der Waals surface area contributed by atoms with Crippen LogP contribution in [0.2, 0.25) is 5.28 Å². The first-order valence-electron chi connectivity index (χ1n) is 6.53. The van der Waals surface area contributed by atoms with Crippen LogP contribution in [0.4, 0.5) is 5.82 Å². The Bertz CT molecular complexity index is 487. The number of aromatic nitrogens is 2. The Labute approximate surface area is 111 Å². The van der Waals surface area contributed by atoms with Gasteiger partial charge in [-0.3, -0.25) is 4.79 Å². The van der Waals surface area contributed by atoms with Gasteiger partial charge in [-0.05, 0) is 37.3 Å². The number of carbonyl (C=O) groups excluding carboxylic acids is 1. The van der Waals surface area contributed by atoms with E-state index in [2.05, 4.69) is 21.8 Å². The van der Waals surface area contributed by atoms with E-state index >= 15 is 0 Å². The normalized spacial score (nSPS) is 23.8. The highest BCUT2D eigenvalue weighted by Gasteiger charge is 2.39. The van der Waals surface area contributed by atoms with Crippen molar-refractivity contribution in [1.82, 2.24) is 9.97 Å². The van der Waals surface area contributed by atoms with Crippen LogP contribution in [-0.2, 0) is 11.2 Å². The summed E-state index contributed by atoms with van der Waals surface area (Å²) in [7, 11) is 0. The molecular formula is C13H16ClN3O. The largest absolute Gasteiger partial charge is 0.343 e. The lowest BCUT2D eigenvalue weighted by Crippen LogP contribution is -2.53. The molecule has 1 aromatic heterocycles. The average Bonchev–Trinajstić information content (AvgIpc) is 2.28. The first-order valence-corrected chi connectivity index (χ1v) is 6.91. The third kappa shape index (κ3) is 1.79. The minimum Gasteiger partial charge on any atom is -0.343 e. The molecule has 1 aromatic rings. The van der Waals surface area contributed by atoms with Gasteiger partial charge in [0.25, 0.3) is 0 Å². The molecule has 1 saturated carbocycles. The number of ketones is 1. The first kappa shape index (κ1) is 11.9. The fraction of sp³-hybridized carbons (Fsp3) is 0.615. The van der Waals surface area contributed by atoms with E-state index < -0.39 is 0 Å². The van der Waals surface area contributed by atoms with Crippen molar-refractivity contribution in [1.29, 1.82) is 0 Å². The molecule has 5 heteroatoms. The van der Waals surface area contributed by atoms with Crippen LogP contribution >= 0.6 is 11.6 Å². The van der Waals surface area contributed by atoms with Crippen molar-refractivity contribution in [2.75, 3.05) is 4.90 Å². The van der Waals surface area contributed by atoms with Gasteiger partial charge in [0, 0.05) is 24.2 Å². The fourth-order valence-corrected chi connectivity index (χ4v) is 2.98. The SMILES string of the molecule is CC[C@@H]1C(=O)Cc2cnc(Cl)nc2N1C1CCC1. The minimum absolute atomic E-state index is 0.0335. The fourth-order valence-electron chi connectivity index (χ4n) is 2.85. The van der Waals surface area contributed by atoms with Crippen molar-refractivity contribution < 1.29 is 4.79 Å².